The lowest BCUT2D eigenvalue weighted by Gasteiger charge is -2.04. The zero-order chi connectivity index (χ0) is 12.1. The van der Waals surface area contributed by atoms with E-state index in [4.69, 9.17) is 6.42 Å². The summed E-state index contributed by atoms with van der Waals surface area (Å²) in [4.78, 5) is 16.2. The maximum Gasteiger partial charge on any atom is 0.178 e. The molecule has 0 aliphatic heterocycles. The molecule has 1 N–H and O–H groups in total. The third kappa shape index (κ3) is 2.49. The highest BCUT2D eigenvalue weighted by Crippen LogP contribution is 2.15. The van der Waals surface area contributed by atoms with E-state index in [1.165, 1.54) is 0 Å². The minimum Gasteiger partial charge on any atom is -0.299 e. The molecule has 0 fully saturated rings. The van der Waals surface area contributed by atoms with Crippen LogP contribution in [0.2, 0.25) is 0 Å². The Morgan fingerprint density at radius 1 is 1.35 bits per heavy atom. The quantitative estimate of drug-likeness (QED) is 0.487. The molecule has 2 aromatic rings. The van der Waals surface area contributed by atoms with Gasteiger partial charge in [0.05, 0.1) is 18.6 Å². The van der Waals surface area contributed by atoms with Gasteiger partial charge in [0.2, 0.25) is 0 Å². The van der Waals surface area contributed by atoms with E-state index < -0.39 is 0 Å². The van der Waals surface area contributed by atoms with Gasteiger partial charge in [-0.05, 0) is 12.1 Å². The van der Waals surface area contributed by atoms with Gasteiger partial charge in [-0.2, -0.15) is 0 Å². The SMILES string of the molecule is C#CCNCC(=O)c1cccc2cccnc12. The van der Waals surface area contributed by atoms with Crippen molar-refractivity contribution in [3.63, 3.8) is 0 Å². The van der Waals surface area contributed by atoms with Crippen LogP contribution >= 0.6 is 0 Å². The fraction of sp³-hybridized carbons (Fsp3) is 0.143. The smallest absolute Gasteiger partial charge is 0.178 e. The first-order valence-corrected chi connectivity index (χ1v) is 5.34. The molecular weight excluding hydrogens is 212 g/mol. The summed E-state index contributed by atoms with van der Waals surface area (Å²) in [6, 6.07) is 9.38. The van der Waals surface area contributed by atoms with Crippen molar-refractivity contribution in [3.8, 4) is 12.3 Å². The average Bonchev–Trinajstić information content (AvgIpc) is 2.38. The van der Waals surface area contributed by atoms with Crippen LogP contribution < -0.4 is 5.32 Å². The largest absolute Gasteiger partial charge is 0.299 e. The molecule has 1 aromatic carbocycles. The average molecular weight is 224 g/mol. The molecule has 0 atom stereocenters. The molecule has 3 nitrogen and oxygen atoms in total. The topological polar surface area (TPSA) is 42.0 Å². The number of hydrogen-bond donors (Lipinski definition) is 1. The van der Waals surface area contributed by atoms with Crippen LogP contribution in [0, 0.1) is 12.3 Å². The molecule has 0 aliphatic carbocycles. The van der Waals surface area contributed by atoms with Crippen molar-refractivity contribution >= 4 is 16.7 Å². The van der Waals surface area contributed by atoms with Crippen LogP contribution in [0.25, 0.3) is 10.9 Å². The first-order chi connectivity index (χ1) is 8.33. The first kappa shape index (κ1) is 11.3. The van der Waals surface area contributed by atoms with E-state index in [-0.39, 0.29) is 12.3 Å². The van der Waals surface area contributed by atoms with Crippen LogP contribution in [0.4, 0.5) is 0 Å². The zero-order valence-electron chi connectivity index (χ0n) is 9.31. The summed E-state index contributed by atoms with van der Waals surface area (Å²) >= 11 is 0. The number of terminal acetylenes is 1. The van der Waals surface area contributed by atoms with Crippen molar-refractivity contribution in [1.29, 1.82) is 0 Å². The maximum atomic E-state index is 12.0. The van der Waals surface area contributed by atoms with Crippen LogP contribution in [0.1, 0.15) is 10.4 Å². The van der Waals surface area contributed by atoms with Crippen molar-refractivity contribution < 1.29 is 4.79 Å². The molecule has 0 bridgehead atoms. The van der Waals surface area contributed by atoms with E-state index in [2.05, 4.69) is 16.2 Å². The Kier molecular flexibility index (Phi) is 3.49. The number of benzene rings is 1. The second kappa shape index (κ2) is 5.24. The molecule has 1 aromatic heterocycles. The first-order valence-electron chi connectivity index (χ1n) is 5.34. The molecule has 2 rings (SSSR count). The number of para-hydroxylation sites is 1. The van der Waals surface area contributed by atoms with E-state index in [9.17, 15) is 4.79 Å². The number of nitrogens with one attached hydrogen (secondary N) is 1. The van der Waals surface area contributed by atoms with Gasteiger partial charge < -0.3 is 0 Å². The molecule has 0 spiro atoms. The predicted molar refractivity (Wildman–Crippen MR) is 67.8 cm³/mol. The van der Waals surface area contributed by atoms with Gasteiger partial charge in [-0.1, -0.05) is 24.1 Å². The number of pyridine rings is 1. The molecule has 0 aliphatic rings. The molecule has 0 amide bonds. The van der Waals surface area contributed by atoms with Gasteiger partial charge in [0.15, 0.2) is 5.78 Å². The molecule has 1 heterocycles. The Morgan fingerprint density at radius 2 is 2.18 bits per heavy atom. The van der Waals surface area contributed by atoms with Gasteiger partial charge in [0.25, 0.3) is 0 Å². The third-order valence-electron chi connectivity index (χ3n) is 2.45. The highest BCUT2D eigenvalue weighted by Gasteiger charge is 2.09. The summed E-state index contributed by atoms with van der Waals surface area (Å²) in [6.07, 6.45) is 6.80. The summed E-state index contributed by atoms with van der Waals surface area (Å²) in [5.74, 6) is 2.44. The predicted octanol–water partition coefficient (Wildman–Crippen LogP) is 1.64. The Balaban J connectivity index is 2.29. The zero-order valence-corrected chi connectivity index (χ0v) is 9.31. The fourth-order valence-electron chi connectivity index (χ4n) is 1.67. The van der Waals surface area contributed by atoms with Crippen molar-refractivity contribution in [1.82, 2.24) is 10.3 Å². The number of ketones is 1. The molecule has 3 heteroatoms. The second-order valence-corrected chi connectivity index (χ2v) is 3.61. The van der Waals surface area contributed by atoms with Gasteiger partial charge in [-0.3, -0.25) is 15.1 Å². The van der Waals surface area contributed by atoms with E-state index in [0.717, 1.165) is 10.9 Å². The molecule has 17 heavy (non-hydrogen) atoms. The number of aromatic nitrogens is 1. The van der Waals surface area contributed by atoms with Crippen LogP contribution in [-0.4, -0.2) is 23.9 Å². The maximum absolute atomic E-state index is 12.0. The minimum atomic E-state index is 0.00421. The molecule has 0 saturated heterocycles. The van der Waals surface area contributed by atoms with E-state index in [1.807, 2.05) is 24.3 Å². The Hall–Kier alpha value is -2.18. The van der Waals surface area contributed by atoms with Crippen LogP contribution in [-0.2, 0) is 0 Å². The summed E-state index contributed by atoms with van der Waals surface area (Å²) in [6.45, 7) is 0.629. The number of Topliss-reactive ketones (excluding diaryl/α,β-unsaturated/α-hetero) is 1. The fourth-order valence-corrected chi connectivity index (χ4v) is 1.67. The van der Waals surface area contributed by atoms with Crippen molar-refractivity contribution in [2.24, 2.45) is 0 Å². The lowest BCUT2D eigenvalue weighted by Crippen LogP contribution is -2.23. The lowest BCUT2D eigenvalue weighted by atomic mass is 10.1. The highest BCUT2D eigenvalue weighted by molar-refractivity contribution is 6.07. The van der Waals surface area contributed by atoms with E-state index >= 15 is 0 Å². The standard InChI is InChI=1S/C14H12N2O/c1-2-8-15-10-13(17)12-7-3-5-11-6-4-9-16-14(11)12/h1,3-7,9,15H,8,10H2. The van der Waals surface area contributed by atoms with Gasteiger partial charge in [-0.15, -0.1) is 6.42 Å². The molecule has 84 valence electrons. The number of carbonyl (C=O) groups is 1. The minimum absolute atomic E-state index is 0.00421. The Bertz CT molecular complexity index is 579. The van der Waals surface area contributed by atoms with E-state index in [1.54, 1.807) is 12.3 Å². The van der Waals surface area contributed by atoms with Gasteiger partial charge in [0.1, 0.15) is 0 Å². The summed E-state index contributed by atoms with van der Waals surface area (Å²) in [5.41, 5.74) is 1.37. The lowest BCUT2D eigenvalue weighted by molar-refractivity contribution is 0.0994. The van der Waals surface area contributed by atoms with E-state index in [0.29, 0.717) is 12.1 Å². The summed E-state index contributed by atoms with van der Waals surface area (Å²) < 4.78 is 0. The molecule has 0 unspecified atom stereocenters. The van der Waals surface area contributed by atoms with Gasteiger partial charge >= 0.3 is 0 Å². The van der Waals surface area contributed by atoms with Crippen LogP contribution in [0.3, 0.4) is 0 Å². The monoisotopic (exact) mass is 224 g/mol. The number of fused-ring (bicyclic) bond motifs is 1. The molecule has 0 radical (unpaired) electrons. The summed E-state index contributed by atoms with van der Waals surface area (Å²) in [5, 5.41) is 3.85. The van der Waals surface area contributed by atoms with Crippen LogP contribution in [0.15, 0.2) is 36.5 Å². The number of rotatable bonds is 4. The van der Waals surface area contributed by atoms with Crippen LogP contribution in [0.5, 0.6) is 0 Å². The number of hydrogen-bond acceptors (Lipinski definition) is 3. The van der Waals surface area contributed by atoms with Gasteiger partial charge in [0, 0.05) is 17.1 Å². The van der Waals surface area contributed by atoms with Crippen molar-refractivity contribution in [3.05, 3.63) is 42.1 Å². The molecule has 0 saturated carbocycles. The van der Waals surface area contributed by atoms with Crippen molar-refractivity contribution in [2.45, 2.75) is 0 Å². The second-order valence-electron chi connectivity index (χ2n) is 3.61. The Labute approximate surface area is 99.9 Å². The van der Waals surface area contributed by atoms with Gasteiger partial charge in [-0.25, -0.2) is 0 Å². The third-order valence-corrected chi connectivity index (χ3v) is 2.45. The number of carbonyl (C=O) groups excluding carboxylic acids is 1. The highest BCUT2D eigenvalue weighted by atomic mass is 16.1. The Morgan fingerprint density at radius 3 is 3.00 bits per heavy atom. The van der Waals surface area contributed by atoms with Crippen molar-refractivity contribution in [2.75, 3.05) is 13.1 Å². The summed E-state index contributed by atoms with van der Waals surface area (Å²) in [7, 11) is 0. The molecular formula is C14H12N2O. The number of nitrogens with zero attached hydrogens (tertiary/aromatic N) is 1. The normalized spacial score (nSPS) is 10.1.